The number of nitrogens with two attached hydrogens (primary N) is 1. The Hall–Kier alpha value is -0.580. The molecule has 0 saturated carbocycles. The summed E-state index contributed by atoms with van der Waals surface area (Å²) in [6.45, 7) is 6.44. The van der Waals surface area contributed by atoms with Gasteiger partial charge in [0.25, 0.3) is 0 Å². The van der Waals surface area contributed by atoms with E-state index in [0.29, 0.717) is 6.54 Å². The number of thiophene rings is 1. The average molecular weight is 263 g/mol. The lowest BCUT2D eigenvalue weighted by molar-refractivity contribution is -0.124. The molecular formula is C11H19ClN2OS. The number of hydrogen-bond acceptors (Lipinski definition) is 3. The van der Waals surface area contributed by atoms with Crippen LogP contribution >= 0.6 is 23.7 Å². The van der Waals surface area contributed by atoms with Crippen LogP contribution in [0.1, 0.15) is 26.3 Å². The molecule has 0 fully saturated rings. The van der Waals surface area contributed by atoms with Crippen molar-refractivity contribution in [3.8, 4) is 0 Å². The fourth-order valence-corrected chi connectivity index (χ4v) is 1.75. The zero-order chi connectivity index (χ0) is 11.5. The van der Waals surface area contributed by atoms with Gasteiger partial charge in [-0.3, -0.25) is 4.79 Å². The van der Waals surface area contributed by atoms with Crippen molar-refractivity contribution in [2.45, 2.75) is 33.4 Å². The summed E-state index contributed by atoms with van der Waals surface area (Å²) in [6, 6.07) is 1.53. The molecule has 1 aromatic heterocycles. The molecule has 0 aliphatic carbocycles. The maximum atomic E-state index is 11.7. The lowest BCUT2D eigenvalue weighted by Gasteiger charge is -2.25. The van der Waals surface area contributed by atoms with E-state index < -0.39 is 6.04 Å². The SMILES string of the molecule is CC(C)(C)[C@H](N)C(=O)NCc1ccsc1.Cl. The largest absolute Gasteiger partial charge is 0.351 e. The summed E-state index contributed by atoms with van der Waals surface area (Å²) in [4.78, 5) is 11.7. The van der Waals surface area contributed by atoms with Crippen LogP contribution in [0.4, 0.5) is 0 Å². The number of amides is 1. The number of hydrogen-bond donors (Lipinski definition) is 2. The smallest absolute Gasteiger partial charge is 0.237 e. The van der Waals surface area contributed by atoms with Gasteiger partial charge in [-0.05, 0) is 27.8 Å². The summed E-state index contributed by atoms with van der Waals surface area (Å²) >= 11 is 1.62. The lowest BCUT2D eigenvalue weighted by atomic mass is 9.87. The predicted molar refractivity (Wildman–Crippen MR) is 70.8 cm³/mol. The highest BCUT2D eigenvalue weighted by molar-refractivity contribution is 7.07. The van der Waals surface area contributed by atoms with Crippen molar-refractivity contribution >= 4 is 29.7 Å². The molecule has 1 rings (SSSR count). The zero-order valence-electron chi connectivity index (χ0n) is 9.82. The molecule has 0 aromatic carbocycles. The fourth-order valence-electron chi connectivity index (χ4n) is 1.09. The normalized spacial score (nSPS) is 12.8. The quantitative estimate of drug-likeness (QED) is 0.877. The molecule has 0 bridgehead atoms. The Bertz CT molecular complexity index is 319. The van der Waals surface area contributed by atoms with Crippen molar-refractivity contribution in [2.75, 3.05) is 0 Å². The van der Waals surface area contributed by atoms with Crippen LogP contribution in [-0.2, 0) is 11.3 Å². The van der Waals surface area contributed by atoms with E-state index >= 15 is 0 Å². The van der Waals surface area contributed by atoms with Gasteiger partial charge in [0.2, 0.25) is 5.91 Å². The summed E-state index contributed by atoms with van der Waals surface area (Å²) in [5.41, 5.74) is 6.75. The zero-order valence-corrected chi connectivity index (χ0v) is 11.5. The fraction of sp³-hybridized carbons (Fsp3) is 0.545. The van der Waals surface area contributed by atoms with Crippen LogP contribution in [0.2, 0.25) is 0 Å². The van der Waals surface area contributed by atoms with Gasteiger partial charge in [0.1, 0.15) is 0 Å². The number of carbonyl (C=O) groups excluding carboxylic acids is 1. The van der Waals surface area contributed by atoms with E-state index in [1.807, 2.05) is 37.6 Å². The highest BCUT2D eigenvalue weighted by Gasteiger charge is 2.26. The van der Waals surface area contributed by atoms with Crippen LogP contribution in [0.15, 0.2) is 16.8 Å². The number of halogens is 1. The van der Waals surface area contributed by atoms with Crippen LogP contribution in [0, 0.1) is 5.41 Å². The van der Waals surface area contributed by atoms with Crippen molar-refractivity contribution in [3.05, 3.63) is 22.4 Å². The second-order valence-electron chi connectivity index (χ2n) is 4.69. The molecule has 5 heteroatoms. The van der Waals surface area contributed by atoms with E-state index in [1.165, 1.54) is 0 Å². The monoisotopic (exact) mass is 262 g/mol. The molecule has 3 N–H and O–H groups in total. The second kappa shape index (κ2) is 6.23. The molecule has 0 saturated heterocycles. The van der Waals surface area contributed by atoms with Crippen molar-refractivity contribution in [1.29, 1.82) is 0 Å². The van der Waals surface area contributed by atoms with Gasteiger partial charge >= 0.3 is 0 Å². The molecule has 16 heavy (non-hydrogen) atoms. The maximum absolute atomic E-state index is 11.7. The van der Waals surface area contributed by atoms with Gasteiger partial charge in [0, 0.05) is 6.54 Å². The minimum Gasteiger partial charge on any atom is -0.351 e. The molecule has 3 nitrogen and oxygen atoms in total. The van der Waals surface area contributed by atoms with Crippen molar-refractivity contribution in [1.82, 2.24) is 5.32 Å². The Labute approximate surface area is 107 Å². The van der Waals surface area contributed by atoms with E-state index in [1.54, 1.807) is 11.3 Å². The van der Waals surface area contributed by atoms with Crippen LogP contribution in [-0.4, -0.2) is 11.9 Å². The molecule has 0 aliphatic heterocycles. The Balaban J connectivity index is 0.00000225. The molecular weight excluding hydrogens is 244 g/mol. The first kappa shape index (κ1) is 15.4. The molecule has 1 atom stereocenters. The van der Waals surface area contributed by atoms with Crippen molar-refractivity contribution < 1.29 is 4.79 Å². The molecule has 92 valence electrons. The van der Waals surface area contributed by atoms with E-state index in [4.69, 9.17) is 5.73 Å². The van der Waals surface area contributed by atoms with Gasteiger partial charge in [0.05, 0.1) is 6.04 Å². The maximum Gasteiger partial charge on any atom is 0.237 e. The lowest BCUT2D eigenvalue weighted by Crippen LogP contribution is -2.48. The summed E-state index contributed by atoms with van der Waals surface area (Å²) in [5, 5.41) is 6.84. The molecule has 1 aromatic rings. The first-order valence-corrected chi connectivity index (χ1v) is 5.90. The Morgan fingerprint density at radius 1 is 1.56 bits per heavy atom. The van der Waals surface area contributed by atoms with Crippen LogP contribution in [0.5, 0.6) is 0 Å². The van der Waals surface area contributed by atoms with Crippen molar-refractivity contribution in [3.63, 3.8) is 0 Å². The summed E-state index contributed by atoms with van der Waals surface area (Å²) in [5.74, 6) is -0.0892. The van der Waals surface area contributed by atoms with Gasteiger partial charge in [-0.25, -0.2) is 0 Å². The molecule has 0 radical (unpaired) electrons. The van der Waals surface area contributed by atoms with Gasteiger partial charge in [-0.15, -0.1) is 12.4 Å². The minimum atomic E-state index is -0.462. The average Bonchev–Trinajstić information content (AvgIpc) is 2.63. The number of carbonyl (C=O) groups is 1. The first-order valence-electron chi connectivity index (χ1n) is 4.95. The third-order valence-electron chi connectivity index (χ3n) is 2.26. The van der Waals surface area contributed by atoms with Crippen LogP contribution in [0.25, 0.3) is 0 Å². The highest BCUT2D eigenvalue weighted by atomic mass is 35.5. The number of rotatable bonds is 3. The van der Waals surface area contributed by atoms with Gasteiger partial charge in [0.15, 0.2) is 0 Å². The molecule has 1 amide bonds. The van der Waals surface area contributed by atoms with E-state index in [2.05, 4.69) is 5.32 Å². The molecule has 1 heterocycles. The standard InChI is InChI=1S/C11H18N2OS.ClH/c1-11(2,3)9(12)10(14)13-6-8-4-5-15-7-8;/h4-5,7,9H,6,12H2,1-3H3,(H,13,14);1H/t9-;/m1./s1. The summed E-state index contributed by atoms with van der Waals surface area (Å²) < 4.78 is 0. The van der Waals surface area contributed by atoms with Crippen LogP contribution < -0.4 is 11.1 Å². The third-order valence-corrected chi connectivity index (χ3v) is 2.99. The first-order chi connectivity index (χ1) is 6.91. The predicted octanol–water partition coefficient (Wildman–Crippen LogP) is 2.16. The highest BCUT2D eigenvalue weighted by Crippen LogP contribution is 2.17. The third kappa shape index (κ3) is 4.51. The second-order valence-corrected chi connectivity index (χ2v) is 5.47. The van der Waals surface area contributed by atoms with Crippen LogP contribution in [0.3, 0.4) is 0 Å². The molecule has 0 spiro atoms. The molecule has 0 aliphatic rings. The van der Waals surface area contributed by atoms with Gasteiger partial charge in [-0.1, -0.05) is 20.8 Å². The van der Waals surface area contributed by atoms with E-state index in [9.17, 15) is 4.79 Å². The summed E-state index contributed by atoms with van der Waals surface area (Å²) in [7, 11) is 0. The van der Waals surface area contributed by atoms with Crippen molar-refractivity contribution in [2.24, 2.45) is 11.1 Å². The Kier molecular flexibility index (Phi) is 6.00. The topological polar surface area (TPSA) is 55.1 Å². The Morgan fingerprint density at radius 3 is 2.62 bits per heavy atom. The Morgan fingerprint density at radius 2 is 2.19 bits per heavy atom. The molecule has 0 unspecified atom stereocenters. The summed E-state index contributed by atoms with van der Waals surface area (Å²) in [6.07, 6.45) is 0. The van der Waals surface area contributed by atoms with E-state index in [-0.39, 0.29) is 23.7 Å². The van der Waals surface area contributed by atoms with Gasteiger partial charge in [-0.2, -0.15) is 11.3 Å². The van der Waals surface area contributed by atoms with Gasteiger partial charge < -0.3 is 11.1 Å². The van der Waals surface area contributed by atoms with E-state index in [0.717, 1.165) is 5.56 Å². The minimum absolute atomic E-state index is 0. The number of nitrogens with one attached hydrogen (secondary N) is 1.